The summed E-state index contributed by atoms with van der Waals surface area (Å²) in [5.41, 5.74) is -2.16. The topological polar surface area (TPSA) is 52.6 Å². The highest BCUT2D eigenvalue weighted by atomic mass is 19.2. The van der Waals surface area contributed by atoms with Crippen molar-refractivity contribution in [2.75, 3.05) is 14.2 Å². The first-order chi connectivity index (χ1) is 9.33. The van der Waals surface area contributed by atoms with Gasteiger partial charge < -0.3 is 9.47 Å². The molecule has 4 nitrogen and oxygen atoms in total. The third-order valence-corrected chi connectivity index (χ3v) is 2.25. The molecule has 0 aromatic heterocycles. The van der Waals surface area contributed by atoms with E-state index in [-0.39, 0.29) is 6.07 Å². The van der Waals surface area contributed by atoms with Crippen LogP contribution in [0.25, 0.3) is 5.57 Å². The minimum atomic E-state index is -1.99. The van der Waals surface area contributed by atoms with Gasteiger partial charge in [-0.05, 0) is 0 Å². The van der Waals surface area contributed by atoms with Crippen LogP contribution in [0.5, 0.6) is 0 Å². The molecule has 0 aliphatic carbocycles. The second-order valence-corrected chi connectivity index (χ2v) is 3.42. The molecule has 0 saturated heterocycles. The molecule has 108 valence electrons. The zero-order valence-corrected chi connectivity index (χ0v) is 10.3. The average molecular weight is 292 g/mol. The molecule has 0 heterocycles. The van der Waals surface area contributed by atoms with E-state index in [2.05, 4.69) is 9.47 Å². The number of esters is 2. The van der Waals surface area contributed by atoms with Gasteiger partial charge in [-0.1, -0.05) is 0 Å². The summed E-state index contributed by atoms with van der Waals surface area (Å²) in [6.07, 6.45) is 0.407. The zero-order valence-electron chi connectivity index (χ0n) is 10.3. The first-order valence-electron chi connectivity index (χ1n) is 5.04. The van der Waals surface area contributed by atoms with E-state index < -0.39 is 46.3 Å². The number of carbonyl (C=O) groups is 2. The molecule has 0 aliphatic rings. The molecule has 0 radical (unpaired) electrons. The summed E-state index contributed by atoms with van der Waals surface area (Å²) < 4.78 is 61.5. The van der Waals surface area contributed by atoms with Gasteiger partial charge in [0.2, 0.25) is 0 Å². The Morgan fingerprint density at radius 3 is 2.10 bits per heavy atom. The van der Waals surface area contributed by atoms with E-state index in [4.69, 9.17) is 0 Å². The Morgan fingerprint density at radius 2 is 1.60 bits per heavy atom. The van der Waals surface area contributed by atoms with Crippen molar-refractivity contribution in [3.8, 4) is 0 Å². The van der Waals surface area contributed by atoms with Gasteiger partial charge in [0.15, 0.2) is 17.5 Å². The molecule has 0 unspecified atom stereocenters. The third kappa shape index (κ3) is 2.95. The summed E-state index contributed by atoms with van der Waals surface area (Å²) in [5.74, 6) is -9.73. The van der Waals surface area contributed by atoms with Crippen molar-refractivity contribution in [2.24, 2.45) is 0 Å². The van der Waals surface area contributed by atoms with Crippen LogP contribution in [-0.2, 0) is 19.1 Å². The fourth-order valence-electron chi connectivity index (χ4n) is 1.33. The summed E-state index contributed by atoms with van der Waals surface area (Å²) in [6.45, 7) is 0. The number of hydrogen-bond acceptors (Lipinski definition) is 4. The summed E-state index contributed by atoms with van der Waals surface area (Å²) in [4.78, 5) is 22.5. The van der Waals surface area contributed by atoms with Crippen LogP contribution in [0.3, 0.4) is 0 Å². The largest absolute Gasteiger partial charge is 0.466 e. The minimum absolute atomic E-state index is 0.0435. The Kier molecular flexibility index (Phi) is 4.84. The number of ether oxygens (including phenoxy) is 2. The Morgan fingerprint density at radius 1 is 1.00 bits per heavy atom. The second-order valence-electron chi connectivity index (χ2n) is 3.42. The molecular formula is C12H8F4O4. The standard InChI is InChI=1S/C12H8F4O4/c1-19-8(17)3-5(12(18)20-2)9-6(13)4-7(14)10(15)11(9)16/h3-4H,1-2H3. The van der Waals surface area contributed by atoms with Gasteiger partial charge in [-0.15, -0.1) is 0 Å². The number of benzene rings is 1. The molecule has 0 fully saturated rings. The van der Waals surface area contributed by atoms with Crippen molar-refractivity contribution >= 4 is 17.5 Å². The van der Waals surface area contributed by atoms with Crippen LogP contribution in [0.2, 0.25) is 0 Å². The van der Waals surface area contributed by atoms with Gasteiger partial charge in [0, 0.05) is 12.1 Å². The molecule has 0 atom stereocenters. The predicted octanol–water partition coefficient (Wildman–Crippen LogP) is 1.97. The lowest BCUT2D eigenvalue weighted by atomic mass is 10.0. The average Bonchev–Trinajstić information content (AvgIpc) is 2.42. The fourth-order valence-corrected chi connectivity index (χ4v) is 1.33. The van der Waals surface area contributed by atoms with Crippen molar-refractivity contribution in [2.45, 2.75) is 0 Å². The van der Waals surface area contributed by atoms with E-state index in [0.717, 1.165) is 14.2 Å². The van der Waals surface area contributed by atoms with Crippen LogP contribution in [-0.4, -0.2) is 26.2 Å². The second kappa shape index (κ2) is 6.18. The van der Waals surface area contributed by atoms with Gasteiger partial charge in [0.05, 0.1) is 25.4 Å². The Bertz CT molecular complexity index is 596. The monoisotopic (exact) mass is 292 g/mol. The van der Waals surface area contributed by atoms with Crippen molar-refractivity contribution in [1.82, 2.24) is 0 Å². The van der Waals surface area contributed by atoms with Crippen molar-refractivity contribution in [3.05, 3.63) is 41.0 Å². The lowest BCUT2D eigenvalue weighted by Crippen LogP contribution is -2.12. The molecular weight excluding hydrogens is 284 g/mol. The maximum atomic E-state index is 13.6. The lowest BCUT2D eigenvalue weighted by Gasteiger charge is -2.09. The molecule has 0 bridgehead atoms. The maximum Gasteiger partial charge on any atom is 0.338 e. The number of methoxy groups -OCH3 is 2. The SMILES string of the molecule is COC(=O)C=C(C(=O)OC)c1c(F)cc(F)c(F)c1F. The highest BCUT2D eigenvalue weighted by molar-refractivity contribution is 6.20. The molecule has 0 N–H and O–H groups in total. The minimum Gasteiger partial charge on any atom is -0.466 e. The summed E-state index contributed by atoms with van der Waals surface area (Å²) >= 11 is 0. The van der Waals surface area contributed by atoms with Gasteiger partial charge in [-0.2, -0.15) is 0 Å². The number of rotatable bonds is 3. The van der Waals surface area contributed by atoms with Crippen molar-refractivity contribution in [1.29, 1.82) is 0 Å². The molecule has 1 aromatic rings. The molecule has 20 heavy (non-hydrogen) atoms. The van der Waals surface area contributed by atoms with Gasteiger partial charge in [0.1, 0.15) is 5.82 Å². The molecule has 0 aliphatic heterocycles. The maximum absolute atomic E-state index is 13.6. The van der Waals surface area contributed by atoms with E-state index >= 15 is 0 Å². The molecule has 0 amide bonds. The molecule has 1 aromatic carbocycles. The molecule has 8 heteroatoms. The van der Waals surface area contributed by atoms with Crippen LogP contribution < -0.4 is 0 Å². The van der Waals surface area contributed by atoms with Crippen LogP contribution >= 0.6 is 0 Å². The quantitative estimate of drug-likeness (QED) is 0.281. The Balaban J connectivity index is 3.59. The number of hydrogen-bond donors (Lipinski definition) is 0. The van der Waals surface area contributed by atoms with Gasteiger partial charge in [-0.25, -0.2) is 27.2 Å². The zero-order chi connectivity index (χ0) is 15.4. The van der Waals surface area contributed by atoms with Crippen molar-refractivity contribution in [3.63, 3.8) is 0 Å². The molecule has 0 spiro atoms. The summed E-state index contributed by atoms with van der Waals surface area (Å²) in [6, 6.07) is 0.0435. The van der Waals surface area contributed by atoms with E-state index in [9.17, 15) is 27.2 Å². The van der Waals surface area contributed by atoms with E-state index in [1.807, 2.05) is 0 Å². The van der Waals surface area contributed by atoms with E-state index in [1.54, 1.807) is 0 Å². The summed E-state index contributed by atoms with van der Waals surface area (Å²) in [7, 11) is 1.83. The highest BCUT2D eigenvalue weighted by Gasteiger charge is 2.27. The number of carbonyl (C=O) groups excluding carboxylic acids is 2. The molecule has 0 saturated carbocycles. The lowest BCUT2D eigenvalue weighted by molar-refractivity contribution is -0.136. The predicted molar refractivity (Wildman–Crippen MR) is 58.3 cm³/mol. The van der Waals surface area contributed by atoms with E-state index in [1.165, 1.54) is 0 Å². The molecule has 1 rings (SSSR count). The third-order valence-electron chi connectivity index (χ3n) is 2.25. The number of halogens is 4. The Hall–Kier alpha value is -2.38. The fraction of sp³-hybridized carbons (Fsp3) is 0.167. The smallest absolute Gasteiger partial charge is 0.338 e. The normalized spacial score (nSPS) is 11.2. The van der Waals surface area contributed by atoms with Gasteiger partial charge >= 0.3 is 11.9 Å². The van der Waals surface area contributed by atoms with Crippen LogP contribution in [0.4, 0.5) is 17.6 Å². The first kappa shape index (κ1) is 15.7. The summed E-state index contributed by atoms with van der Waals surface area (Å²) in [5, 5.41) is 0. The van der Waals surface area contributed by atoms with Crippen molar-refractivity contribution < 1.29 is 36.6 Å². The van der Waals surface area contributed by atoms with Crippen LogP contribution in [0.1, 0.15) is 5.56 Å². The highest BCUT2D eigenvalue weighted by Crippen LogP contribution is 2.26. The first-order valence-corrected chi connectivity index (χ1v) is 5.04. The van der Waals surface area contributed by atoms with Gasteiger partial charge in [-0.3, -0.25) is 0 Å². The van der Waals surface area contributed by atoms with Gasteiger partial charge in [0.25, 0.3) is 0 Å². The Labute approximate surface area is 110 Å². The van der Waals surface area contributed by atoms with Crippen LogP contribution in [0.15, 0.2) is 12.1 Å². The van der Waals surface area contributed by atoms with Crippen LogP contribution in [0, 0.1) is 23.3 Å². The van der Waals surface area contributed by atoms with E-state index in [0.29, 0.717) is 6.08 Å².